The van der Waals surface area contributed by atoms with Crippen LogP contribution in [0.5, 0.6) is 0 Å². The van der Waals surface area contributed by atoms with Gasteiger partial charge < -0.3 is 4.74 Å². The molecule has 0 unspecified atom stereocenters. The first-order valence-corrected chi connectivity index (χ1v) is 6.15. The second-order valence-electron chi connectivity index (χ2n) is 4.38. The lowest BCUT2D eigenvalue weighted by Gasteiger charge is -2.12. The highest BCUT2D eigenvalue weighted by molar-refractivity contribution is 5.93. The molecule has 4 nitrogen and oxygen atoms in total. The van der Waals surface area contributed by atoms with Crippen LogP contribution in [-0.4, -0.2) is 12.1 Å². The molecule has 0 aliphatic heterocycles. The van der Waals surface area contributed by atoms with Gasteiger partial charge in [0.25, 0.3) is 0 Å². The van der Waals surface area contributed by atoms with Crippen LogP contribution in [0.1, 0.15) is 45.1 Å². The molecule has 0 radical (unpaired) electrons. The van der Waals surface area contributed by atoms with Gasteiger partial charge in [-0.25, -0.2) is 4.79 Å². The molecular formula is C14H19NO3. The zero-order chi connectivity index (χ0) is 13.5. The van der Waals surface area contributed by atoms with Crippen molar-refractivity contribution in [1.82, 2.24) is 0 Å². The average molecular weight is 249 g/mol. The van der Waals surface area contributed by atoms with Crippen molar-refractivity contribution in [3.8, 4) is 0 Å². The maximum Gasteiger partial charge on any atom is 0.419 e. The maximum absolute atomic E-state index is 11.5. The molecule has 0 spiro atoms. The van der Waals surface area contributed by atoms with E-state index in [4.69, 9.17) is 0 Å². The number of para-hydroxylation sites is 1. The Morgan fingerprint density at radius 1 is 1.28 bits per heavy atom. The van der Waals surface area contributed by atoms with Crippen LogP contribution in [0, 0.1) is 0 Å². The smallest absolute Gasteiger partial charge is 0.376 e. The molecule has 0 heterocycles. The molecule has 0 saturated carbocycles. The highest BCUT2D eigenvalue weighted by atomic mass is 16.6. The van der Waals surface area contributed by atoms with Crippen LogP contribution in [0.2, 0.25) is 0 Å². The van der Waals surface area contributed by atoms with Crippen molar-refractivity contribution in [2.24, 2.45) is 0 Å². The van der Waals surface area contributed by atoms with E-state index in [1.54, 1.807) is 6.07 Å². The summed E-state index contributed by atoms with van der Waals surface area (Å²) < 4.78 is 4.64. The Labute approximate surface area is 107 Å². The molecule has 1 aromatic carbocycles. The standard InChI is InChI=1S/C14H19NO3/c1-4-7-13(16)18-14(17)15-12-9-6-5-8-11(12)10(2)3/h5-6,8-10H,4,7H2,1-3H3,(H,15,17). The van der Waals surface area contributed by atoms with Gasteiger partial charge in [-0.15, -0.1) is 0 Å². The van der Waals surface area contributed by atoms with Gasteiger partial charge in [0, 0.05) is 12.1 Å². The molecule has 18 heavy (non-hydrogen) atoms. The van der Waals surface area contributed by atoms with E-state index < -0.39 is 12.1 Å². The summed E-state index contributed by atoms with van der Waals surface area (Å²) >= 11 is 0. The normalized spacial score (nSPS) is 10.2. The van der Waals surface area contributed by atoms with E-state index in [-0.39, 0.29) is 12.3 Å². The Balaban J connectivity index is 2.67. The lowest BCUT2D eigenvalue weighted by Crippen LogP contribution is -2.19. The van der Waals surface area contributed by atoms with E-state index in [1.165, 1.54) is 0 Å². The van der Waals surface area contributed by atoms with Crippen molar-refractivity contribution < 1.29 is 14.3 Å². The van der Waals surface area contributed by atoms with Crippen LogP contribution in [0.4, 0.5) is 10.5 Å². The fourth-order valence-corrected chi connectivity index (χ4v) is 1.61. The molecule has 0 atom stereocenters. The molecule has 0 fully saturated rings. The topological polar surface area (TPSA) is 55.4 Å². The van der Waals surface area contributed by atoms with Gasteiger partial charge in [0.05, 0.1) is 0 Å². The summed E-state index contributed by atoms with van der Waals surface area (Å²) in [5.74, 6) is -0.218. The van der Waals surface area contributed by atoms with Gasteiger partial charge in [0.1, 0.15) is 0 Å². The quantitative estimate of drug-likeness (QED) is 0.654. The van der Waals surface area contributed by atoms with Crippen molar-refractivity contribution in [2.75, 3.05) is 5.32 Å². The second-order valence-corrected chi connectivity index (χ2v) is 4.38. The van der Waals surface area contributed by atoms with Crippen molar-refractivity contribution >= 4 is 17.7 Å². The lowest BCUT2D eigenvalue weighted by molar-refractivity contribution is -0.136. The molecule has 0 aromatic heterocycles. The van der Waals surface area contributed by atoms with Crippen LogP contribution in [0.15, 0.2) is 24.3 Å². The van der Waals surface area contributed by atoms with Gasteiger partial charge in [-0.1, -0.05) is 39.0 Å². The summed E-state index contributed by atoms with van der Waals surface area (Å²) in [5, 5.41) is 2.60. The molecule has 4 heteroatoms. The number of amides is 1. The Bertz CT molecular complexity index is 427. The maximum atomic E-state index is 11.5. The van der Waals surface area contributed by atoms with Gasteiger partial charge in [0.15, 0.2) is 0 Å². The SMILES string of the molecule is CCCC(=O)OC(=O)Nc1ccccc1C(C)C. The third-order valence-corrected chi connectivity index (χ3v) is 2.48. The number of nitrogens with one attached hydrogen (secondary N) is 1. The van der Waals surface area contributed by atoms with Gasteiger partial charge in [-0.2, -0.15) is 0 Å². The van der Waals surface area contributed by atoms with Crippen molar-refractivity contribution in [3.63, 3.8) is 0 Å². The number of rotatable bonds is 4. The van der Waals surface area contributed by atoms with E-state index in [9.17, 15) is 9.59 Å². The summed E-state index contributed by atoms with van der Waals surface area (Å²) in [6.45, 7) is 5.93. The second kappa shape index (κ2) is 6.79. The first-order chi connectivity index (χ1) is 8.54. The molecular weight excluding hydrogens is 230 g/mol. The minimum absolute atomic E-state index is 0.249. The minimum Gasteiger partial charge on any atom is -0.376 e. The van der Waals surface area contributed by atoms with Gasteiger partial charge in [-0.05, 0) is 24.0 Å². The van der Waals surface area contributed by atoms with E-state index >= 15 is 0 Å². The molecule has 98 valence electrons. The summed E-state index contributed by atoms with van der Waals surface area (Å²) in [6.07, 6.45) is 0.190. The van der Waals surface area contributed by atoms with Gasteiger partial charge >= 0.3 is 12.1 Å². The zero-order valence-electron chi connectivity index (χ0n) is 11.0. The Morgan fingerprint density at radius 2 is 1.94 bits per heavy atom. The van der Waals surface area contributed by atoms with E-state index in [0.29, 0.717) is 12.1 Å². The fourth-order valence-electron chi connectivity index (χ4n) is 1.61. The Morgan fingerprint density at radius 3 is 2.56 bits per heavy atom. The predicted octanol–water partition coefficient (Wildman–Crippen LogP) is 3.69. The number of ether oxygens (including phenoxy) is 1. The Kier molecular flexibility index (Phi) is 5.36. The lowest BCUT2D eigenvalue weighted by atomic mass is 10.0. The predicted molar refractivity (Wildman–Crippen MR) is 70.5 cm³/mol. The van der Waals surface area contributed by atoms with Crippen LogP contribution < -0.4 is 5.32 Å². The third kappa shape index (κ3) is 4.20. The van der Waals surface area contributed by atoms with Crippen molar-refractivity contribution in [3.05, 3.63) is 29.8 Å². The highest BCUT2D eigenvalue weighted by Crippen LogP contribution is 2.23. The van der Waals surface area contributed by atoms with Crippen LogP contribution in [0.25, 0.3) is 0 Å². The zero-order valence-corrected chi connectivity index (χ0v) is 11.0. The molecule has 1 N–H and O–H groups in total. The molecule has 0 bridgehead atoms. The first-order valence-electron chi connectivity index (χ1n) is 6.15. The molecule has 1 aromatic rings. The van der Waals surface area contributed by atoms with E-state index in [2.05, 4.69) is 10.1 Å². The summed E-state index contributed by atoms with van der Waals surface area (Å²) in [7, 11) is 0. The van der Waals surface area contributed by atoms with Crippen molar-refractivity contribution in [1.29, 1.82) is 0 Å². The molecule has 1 amide bonds. The number of carbonyl (C=O) groups is 2. The third-order valence-electron chi connectivity index (χ3n) is 2.48. The van der Waals surface area contributed by atoms with Crippen LogP contribution in [0.3, 0.4) is 0 Å². The summed E-state index contributed by atoms with van der Waals surface area (Å²) in [6, 6.07) is 7.47. The van der Waals surface area contributed by atoms with Gasteiger partial charge in [-0.3, -0.25) is 10.1 Å². The van der Waals surface area contributed by atoms with E-state index in [1.807, 2.05) is 39.0 Å². The fraction of sp³-hybridized carbons (Fsp3) is 0.429. The number of benzene rings is 1. The molecule has 1 rings (SSSR count). The van der Waals surface area contributed by atoms with Crippen LogP contribution in [-0.2, 0) is 9.53 Å². The largest absolute Gasteiger partial charge is 0.419 e. The minimum atomic E-state index is -0.721. The first kappa shape index (κ1) is 14.2. The van der Waals surface area contributed by atoms with Crippen LogP contribution >= 0.6 is 0 Å². The summed E-state index contributed by atoms with van der Waals surface area (Å²) in [5.41, 5.74) is 1.69. The highest BCUT2D eigenvalue weighted by Gasteiger charge is 2.12. The Hall–Kier alpha value is -1.84. The van der Waals surface area contributed by atoms with E-state index in [0.717, 1.165) is 5.56 Å². The van der Waals surface area contributed by atoms with Gasteiger partial charge in [0.2, 0.25) is 0 Å². The summed E-state index contributed by atoms with van der Waals surface area (Å²) in [4.78, 5) is 22.7. The number of hydrogen-bond donors (Lipinski definition) is 1. The number of hydrogen-bond acceptors (Lipinski definition) is 3. The molecule has 0 aliphatic carbocycles. The average Bonchev–Trinajstić information content (AvgIpc) is 2.29. The van der Waals surface area contributed by atoms with Crippen molar-refractivity contribution in [2.45, 2.75) is 39.5 Å². The monoisotopic (exact) mass is 249 g/mol. The number of carbonyl (C=O) groups excluding carboxylic acids is 2. The molecule has 0 saturated heterocycles. The number of esters is 1. The number of anilines is 1. The molecule has 0 aliphatic rings.